The van der Waals surface area contributed by atoms with Crippen LogP contribution in [0.4, 0.5) is 4.79 Å². The smallest absolute Gasteiger partial charge is 0.317 e. The molecule has 33 heavy (non-hydrogen) atoms. The number of halogens is 2. The first-order valence-electron chi connectivity index (χ1n) is 11.7. The van der Waals surface area contributed by atoms with Crippen molar-refractivity contribution in [2.45, 2.75) is 51.1 Å². The topological polar surface area (TPSA) is 48.5 Å². The molecule has 1 aromatic heterocycles. The highest BCUT2D eigenvalue weighted by atomic mass is 35.5. The van der Waals surface area contributed by atoms with Crippen LogP contribution in [0.5, 0.6) is 0 Å². The lowest BCUT2D eigenvalue weighted by Crippen LogP contribution is -2.48. The second-order valence-electron chi connectivity index (χ2n) is 9.23. The molecule has 0 radical (unpaired) electrons. The Bertz CT molecular complexity index is 1050. The van der Waals surface area contributed by atoms with Crippen LogP contribution in [0.2, 0.25) is 10.0 Å². The van der Waals surface area contributed by atoms with Gasteiger partial charge in [-0.15, -0.1) is 0 Å². The molecular formula is C26H32Cl2N4O. The summed E-state index contributed by atoms with van der Waals surface area (Å²) in [5.41, 5.74) is 5.07. The average Bonchev–Trinajstić information content (AvgIpc) is 3.36. The Morgan fingerprint density at radius 2 is 1.91 bits per heavy atom. The van der Waals surface area contributed by atoms with E-state index in [1.807, 2.05) is 43.4 Å². The maximum atomic E-state index is 12.9. The fourth-order valence-corrected chi connectivity index (χ4v) is 5.34. The van der Waals surface area contributed by atoms with Gasteiger partial charge in [-0.2, -0.15) is 0 Å². The number of carbonyl (C=O) groups is 1. The fraction of sp³-hybridized carbons (Fsp3) is 0.462. The minimum absolute atomic E-state index is 0.0879. The molecule has 0 spiro atoms. The van der Waals surface area contributed by atoms with E-state index in [1.54, 1.807) is 0 Å². The third kappa shape index (κ3) is 5.37. The summed E-state index contributed by atoms with van der Waals surface area (Å²) in [7, 11) is 3.99. The zero-order valence-electron chi connectivity index (χ0n) is 19.6. The number of likely N-dealkylation sites (tertiary alicyclic amines) is 1. The first-order valence-corrected chi connectivity index (χ1v) is 12.5. The van der Waals surface area contributed by atoms with Gasteiger partial charge < -0.3 is 15.1 Å². The summed E-state index contributed by atoms with van der Waals surface area (Å²) in [4.78, 5) is 21.4. The molecule has 2 aromatic rings. The van der Waals surface area contributed by atoms with Crippen molar-refractivity contribution in [3.05, 3.63) is 57.8 Å². The van der Waals surface area contributed by atoms with Crippen molar-refractivity contribution in [1.82, 2.24) is 20.1 Å². The number of aromatic nitrogens is 1. The van der Waals surface area contributed by atoms with Crippen LogP contribution in [-0.2, 0) is 0 Å². The molecule has 2 aliphatic rings. The monoisotopic (exact) mass is 486 g/mol. The van der Waals surface area contributed by atoms with Crippen LogP contribution in [-0.4, -0.2) is 54.0 Å². The van der Waals surface area contributed by atoms with Crippen molar-refractivity contribution < 1.29 is 4.79 Å². The number of pyridine rings is 1. The van der Waals surface area contributed by atoms with Gasteiger partial charge in [0.1, 0.15) is 0 Å². The number of hydrogen-bond donors (Lipinski definition) is 1. The van der Waals surface area contributed by atoms with E-state index in [1.165, 1.54) is 12.0 Å². The van der Waals surface area contributed by atoms with Gasteiger partial charge >= 0.3 is 6.03 Å². The van der Waals surface area contributed by atoms with E-state index in [-0.39, 0.29) is 18.1 Å². The van der Waals surface area contributed by atoms with Crippen LogP contribution in [0, 0.1) is 0 Å². The third-order valence-corrected chi connectivity index (χ3v) is 7.83. The van der Waals surface area contributed by atoms with Crippen LogP contribution in [0.1, 0.15) is 56.2 Å². The normalized spacial score (nSPS) is 18.2. The van der Waals surface area contributed by atoms with Gasteiger partial charge in [0.2, 0.25) is 0 Å². The summed E-state index contributed by atoms with van der Waals surface area (Å²) < 4.78 is 0. The minimum atomic E-state index is -0.265. The summed E-state index contributed by atoms with van der Waals surface area (Å²) >= 11 is 13.4. The van der Waals surface area contributed by atoms with E-state index in [0.717, 1.165) is 61.0 Å². The molecule has 0 bridgehead atoms. The summed E-state index contributed by atoms with van der Waals surface area (Å²) in [6.07, 6.45) is 11.4. The Morgan fingerprint density at radius 1 is 1.18 bits per heavy atom. The number of amides is 2. The highest BCUT2D eigenvalue weighted by molar-refractivity contribution is 6.44. The Morgan fingerprint density at radius 3 is 2.61 bits per heavy atom. The molecule has 7 heteroatoms. The molecule has 1 aliphatic carbocycles. The Hall–Kier alpha value is -2.08. The number of allylic oxidation sites excluding steroid dienone is 2. The van der Waals surface area contributed by atoms with Crippen molar-refractivity contribution in [2.24, 2.45) is 0 Å². The van der Waals surface area contributed by atoms with E-state index in [4.69, 9.17) is 23.2 Å². The average molecular weight is 487 g/mol. The molecule has 2 amide bonds. The quantitative estimate of drug-likeness (QED) is 0.530. The van der Waals surface area contributed by atoms with Gasteiger partial charge in [0.05, 0.1) is 16.1 Å². The number of rotatable bonds is 5. The number of hydrogen-bond acceptors (Lipinski definition) is 3. The van der Waals surface area contributed by atoms with Gasteiger partial charge in [-0.25, -0.2) is 4.79 Å². The van der Waals surface area contributed by atoms with E-state index in [9.17, 15) is 4.79 Å². The zero-order valence-corrected chi connectivity index (χ0v) is 21.1. The molecule has 1 N–H and O–H groups in total. The van der Waals surface area contributed by atoms with Crippen molar-refractivity contribution in [1.29, 1.82) is 0 Å². The maximum absolute atomic E-state index is 12.9. The number of carbonyl (C=O) groups excluding carboxylic acids is 1. The van der Waals surface area contributed by atoms with E-state index < -0.39 is 0 Å². The van der Waals surface area contributed by atoms with E-state index >= 15 is 0 Å². The van der Waals surface area contributed by atoms with Crippen LogP contribution in [0.25, 0.3) is 16.7 Å². The van der Waals surface area contributed by atoms with Crippen LogP contribution < -0.4 is 5.32 Å². The lowest BCUT2D eigenvalue weighted by atomic mass is 9.99. The summed E-state index contributed by atoms with van der Waals surface area (Å²) in [5.74, 6) is 0. The van der Waals surface area contributed by atoms with Gasteiger partial charge in [-0.05, 0) is 81.9 Å². The largest absolute Gasteiger partial charge is 0.331 e. The van der Waals surface area contributed by atoms with Crippen molar-refractivity contribution >= 4 is 34.8 Å². The number of benzene rings is 1. The summed E-state index contributed by atoms with van der Waals surface area (Å²) in [6.45, 7) is 3.95. The second kappa shape index (κ2) is 10.5. The summed E-state index contributed by atoms with van der Waals surface area (Å²) in [6, 6.07) is 5.95. The van der Waals surface area contributed by atoms with Gasteiger partial charge in [-0.3, -0.25) is 4.98 Å². The van der Waals surface area contributed by atoms with Crippen molar-refractivity contribution in [2.75, 3.05) is 27.2 Å². The van der Waals surface area contributed by atoms with Gasteiger partial charge in [0.15, 0.2) is 0 Å². The molecule has 176 valence electrons. The van der Waals surface area contributed by atoms with E-state index in [0.29, 0.717) is 10.0 Å². The Balaban J connectivity index is 1.49. The maximum Gasteiger partial charge on any atom is 0.317 e. The highest BCUT2D eigenvalue weighted by Crippen LogP contribution is 2.39. The SMILES string of the molecule is CC(NC(=O)N(C)C1CCN(C)CC1)c1ccc(-c2cncc(C3=CCCC3)c2)c(Cl)c1Cl. The van der Waals surface area contributed by atoms with Gasteiger partial charge in [0, 0.05) is 36.6 Å². The second-order valence-corrected chi connectivity index (χ2v) is 9.99. The first-order chi connectivity index (χ1) is 15.8. The standard InChI is InChI=1S/C26H32Cl2N4O/c1-17(30-26(33)32(3)21-10-12-31(2)13-11-21)22-8-9-23(25(28)24(22)27)20-14-19(15-29-16-20)18-6-4-5-7-18/h6,8-9,14-17,21H,4-5,7,10-13H2,1-3H3,(H,30,33). The predicted molar refractivity (Wildman–Crippen MR) is 137 cm³/mol. The van der Waals surface area contributed by atoms with Crippen molar-refractivity contribution in [3.8, 4) is 11.1 Å². The number of urea groups is 1. The lowest BCUT2D eigenvalue weighted by Gasteiger charge is -2.35. The third-order valence-electron chi connectivity index (χ3n) is 6.94. The number of nitrogens with zero attached hydrogens (tertiary/aromatic N) is 3. The molecule has 1 aliphatic heterocycles. The van der Waals surface area contributed by atoms with Crippen LogP contribution in [0.15, 0.2) is 36.7 Å². The molecule has 1 unspecified atom stereocenters. The molecule has 1 aromatic carbocycles. The van der Waals surface area contributed by atoms with Crippen LogP contribution in [0.3, 0.4) is 0 Å². The number of piperidine rings is 1. The predicted octanol–water partition coefficient (Wildman–Crippen LogP) is 6.42. The molecule has 2 heterocycles. The Labute approximate surface area is 206 Å². The molecular weight excluding hydrogens is 455 g/mol. The van der Waals surface area contributed by atoms with Crippen LogP contribution >= 0.6 is 23.2 Å². The van der Waals surface area contributed by atoms with Crippen molar-refractivity contribution in [3.63, 3.8) is 0 Å². The Kier molecular flexibility index (Phi) is 7.62. The summed E-state index contributed by atoms with van der Waals surface area (Å²) in [5, 5.41) is 4.04. The molecule has 0 saturated carbocycles. The zero-order chi connectivity index (χ0) is 23.5. The molecule has 1 fully saturated rings. The fourth-order valence-electron chi connectivity index (χ4n) is 4.73. The highest BCUT2D eigenvalue weighted by Gasteiger charge is 2.26. The molecule has 4 rings (SSSR count). The lowest BCUT2D eigenvalue weighted by molar-refractivity contribution is 0.146. The minimum Gasteiger partial charge on any atom is -0.331 e. The molecule has 1 saturated heterocycles. The van der Waals surface area contributed by atoms with E-state index in [2.05, 4.69) is 34.4 Å². The molecule has 5 nitrogen and oxygen atoms in total. The van der Waals surface area contributed by atoms with Gasteiger partial charge in [-0.1, -0.05) is 41.4 Å². The van der Waals surface area contributed by atoms with Gasteiger partial charge in [0.25, 0.3) is 0 Å². The first kappa shape index (κ1) is 24.1. The molecule has 1 atom stereocenters. The number of nitrogens with one attached hydrogen (secondary N) is 1.